The van der Waals surface area contributed by atoms with Crippen LogP contribution in [0.15, 0.2) is 48.5 Å². The average molecular weight is 302 g/mol. The van der Waals surface area contributed by atoms with E-state index < -0.39 is 5.97 Å². The van der Waals surface area contributed by atoms with Crippen molar-refractivity contribution in [3.05, 3.63) is 64.7 Å². The Hall–Kier alpha value is -2.26. The van der Waals surface area contributed by atoms with Gasteiger partial charge in [-0.15, -0.1) is 0 Å². The molecule has 2 rings (SSSR count). The molecule has 2 aromatic rings. The van der Waals surface area contributed by atoms with Crippen molar-refractivity contribution >= 4 is 35.0 Å². The van der Waals surface area contributed by atoms with E-state index in [0.717, 1.165) is 28.6 Å². The molecule has 0 saturated carbocycles. The van der Waals surface area contributed by atoms with E-state index >= 15 is 0 Å². The molecule has 0 aliphatic carbocycles. The van der Waals surface area contributed by atoms with Crippen molar-refractivity contribution in [1.29, 1.82) is 0 Å². The molecule has 1 N–H and O–H groups in total. The van der Waals surface area contributed by atoms with Crippen LogP contribution < -0.4 is 4.90 Å². The van der Waals surface area contributed by atoms with Gasteiger partial charge < -0.3 is 10.0 Å². The highest BCUT2D eigenvalue weighted by atomic mass is 35.5. The average Bonchev–Trinajstić information content (AvgIpc) is 2.45. The highest BCUT2D eigenvalue weighted by Gasteiger charge is 2.13. The number of rotatable bonds is 4. The smallest absolute Gasteiger partial charge is 0.328 e. The SMILES string of the molecule is Cc1ccccc1N(C)c1c(Cl)cccc1/C=C/C(=O)O. The van der Waals surface area contributed by atoms with E-state index in [2.05, 4.69) is 0 Å². The summed E-state index contributed by atoms with van der Waals surface area (Å²) in [5.74, 6) is -0.987. The van der Waals surface area contributed by atoms with Gasteiger partial charge in [0.1, 0.15) is 0 Å². The van der Waals surface area contributed by atoms with Crippen molar-refractivity contribution in [3.8, 4) is 0 Å². The number of carboxylic acid groups (broad SMARTS) is 1. The molecule has 108 valence electrons. The number of hydrogen-bond donors (Lipinski definition) is 1. The van der Waals surface area contributed by atoms with Crippen LogP contribution >= 0.6 is 11.6 Å². The Morgan fingerprint density at radius 3 is 2.57 bits per heavy atom. The normalized spacial score (nSPS) is 10.8. The molecule has 3 nitrogen and oxygen atoms in total. The second-order valence-corrected chi connectivity index (χ2v) is 5.10. The predicted molar refractivity (Wildman–Crippen MR) is 87.4 cm³/mol. The Balaban J connectivity index is 2.52. The maximum absolute atomic E-state index is 10.7. The molecule has 4 heteroatoms. The molecule has 0 bridgehead atoms. The number of nitrogens with zero attached hydrogens (tertiary/aromatic N) is 1. The molecule has 0 atom stereocenters. The third-order valence-electron chi connectivity index (χ3n) is 3.24. The number of halogens is 1. The number of para-hydroxylation sites is 2. The molecular weight excluding hydrogens is 286 g/mol. The highest BCUT2D eigenvalue weighted by Crippen LogP contribution is 2.35. The van der Waals surface area contributed by atoms with Crippen molar-refractivity contribution in [2.24, 2.45) is 0 Å². The molecular formula is C17H16ClNO2. The summed E-state index contributed by atoms with van der Waals surface area (Å²) in [6.45, 7) is 2.02. The summed E-state index contributed by atoms with van der Waals surface area (Å²) >= 11 is 6.32. The number of carbonyl (C=O) groups is 1. The third-order valence-corrected chi connectivity index (χ3v) is 3.54. The van der Waals surface area contributed by atoms with Crippen LogP contribution in [0.1, 0.15) is 11.1 Å². The van der Waals surface area contributed by atoms with E-state index in [1.165, 1.54) is 0 Å². The zero-order valence-electron chi connectivity index (χ0n) is 11.9. The number of anilines is 2. The quantitative estimate of drug-likeness (QED) is 0.844. The molecule has 0 aliphatic heterocycles. The second-order valence-electron chi connectivity index (χ2n) is 4.69. The van der Waals surface area contributed by atoms with Gasteiger partial charge in [-0.3, -0.25) is 0 Å². The number of carboxylic acids is 1. The molecule has 0 heterocycles. The fraction of sp³-hybridized carbons (Fsp3) is 0.118. The summed E-state index contributed by atoms with van der Waals surface area (Å²) < 4.78 is 0. The monoisotopic (exact) mass is 301 g/mol. The first kappa shape index (κ1) is 15.1. The van der Waals surface area contributed by atoms with Crippen LogP contribution in [0.4, 0.5) is 11.4 Å². The van der Waals surface area contributed by atoms with Crippen LogP contribution in [-0.4, -0.2) is 18.1 Å². The number of benzene rings is 2. The van der Waals surface area contributed by atoms with Gasteiger partial charge in [0.15, 0.2) is 0 Å². The van der Waals surface area contributed by atoms with Crippen LogP contribution in [0.5, 0.6) is 0 Å². The standard InChI is InChI=1S/C17H16ClNO2/c1-12-6-3-4-9-15(12)19(2)17-13(10-11-16(20)21)7-5-8-14(17)18/h3-11H,1-2H3,(H,20,21)/b11-10+. The first-order valence-corrected chi connectivity index (χ1v) is 6.87. The Labute approximate surface area is 129 Å². The van der Waals surface area contributed by atoms with Gasteiger partial charge in [-0.25, -0.2) is 4.79 Å². The summed E-state index contributed by atoms with van der Waals surface area (Å²) in [6, 6.07) is 13.4. The molecule has 0 spiro atoms. The first-order valence-electron chi connectivity index (χ1n) is 6.49. The molecule has 0 radical (unpaired) electrons. The van der Waals surface area contributed by atoms with Gasteiger partial charge in [-0.1, -0.05) is 41.9 Å². The third kappa shape index (κ3) is 3.44. The summed E-state index contributed by atoms with van der Waals surface area (Å²) in [6.07, 6.45) is 2.67. The minimum absolute atomic E-state index is 0.577. The van der Waals surface area contributed by atoms with Gasteiger partial charge >= 0.3 is 5.97 Å². The van der Waals surface area contributed by atoms with Crippen LogP contribution in [-0.2, 0) is 4.79 Å². The van der Waals surface area contributed by atoms with Crippen LogP contribution in [0.25, 0.3) is 6.08 Å². The fourth-order valence-corrected chi connectivity index (χ4v) is 2.55. The Morgan fingerprint density at radius 1 is 1.19 bits per heavy atom. The van der Waals surface area contributed by atoms with Crippen molar-refractivity contribution in [3.63, 3.8) is 0 Å². The minimum atomic E-state index is -0.987. The van der Waals surface area contributed by atoms with E-state index in [0.29, 0.717) is 5.02 Å². The summed E-state index contributed by atoms with van der Waals surface area (Å²) in [5.41, 5.74) is 3.69. The number of aryl methyl sites for hydroxylation is 1. The number of aliphatic carboxylic acids is 1. The molecule has 0 unspecified atom stereocenters. The van der Waals surface area contributed by atoms with E-state index in [-0.39, 0.29) is 0 Å². The van der Waals surface area contributed by atoms with Gasteiger partial charge in [-0.2, -0.15) is 0 Å². The van der Waals surface area contributed by atoms with E-state index in [9.17, 15) is 4.79 Å². The summed E-state index contributed by atoms with van der Waals surface area (Å²) in [7, 11) is 1.92. The van der Waals surface area contributed by atoms with E-state index in [1.807, 2.05) is 49.2 Å². The van der Waals surface area contributed by atoms with Gasteiger partial charge in [-0.05, 0) is 36.3 Å². The number of hydrogen-bond acceptors (Lipinski definition) is 2. The zero-order chi connectivity index (χ0) is 15.4. The lowest BCUT2D eigenvalue weighted by molar-refractivity contribution is -0.131. The Kier molecular flexibility index (Phi) is 4.66. The summed E-state index contributed by atoms with van der Waals surface area (Å²) in [4.78, 5) is 12.7. The van der Waals surface area contributed by atoms with Gasteiger partial charge in [0, 0.05) is 18.8 Å². The lowest BCUT2D eigenvalue weighted by Gasteiger charge is -2.24. The topological polar surface area (TPSA) is 40.5 Å². The van der Waals surface area contributed by atoms with Gasteiger partial charge in [0.05, 0.1) is 10.7 Å². The molecule has 21 heavy (non-hydrogen) atoms. The Morgan fingerprint density at radius 2 is 1.90 bits per heavy atom. The Bertz CT molecular complexity index is 695. The molecule has 0 amide bonds. The first-order chi connectivity index (χ1) is 10.0. The maximum Gasteiger partial charge on any atom is 0.328 e. The zero-order valence-corrected chi connectivity index (χ0v) is 12.6. The van der Waals surface area contributed by atoms with Gasteiger partial charge in [0.25, 0.3) is 0 Å². The van der Waals surface area contributed by atoms with E-state index in [1.54, 1.807) is 18.2 Å². The molecule has 0 aromatic heterocycles. The molecule has 0 aliphatic rings. The molecule has 0 fully saturated rings. The second kappa shape index (κ2) is 6.46. The van der Waals surface area contributed by atoms with Crippen molar-refractivity contribution in [1.82, 2.24) is 0 Å². The van der Waals surface area contributed by atoms with E-state index in [4.69, 9.17) is 16.7 Å². The maximum atomic E-state index is 10.7. The van der Waals surface area contributed by atoms with Crippen LogP contribution in [0.3, 0.4) is 0 Å². The largest absolute Gasteiger partial charge is 0.478 e. The van der Waals surface area contributed by atoms with Crippen molar-refractivity contribution in [2.75, 3.05) is 11.9 Å². The molecule has 2 aromatic carbocycles. The minimum Gasteiger partial charge on any atom is -0.478 e. The molecule has 0 saturated heterocycles. The van der Waals surface area contributed by atoms with Gasteiger partial charge in [0.2, 0.25) is 0 Å². The van der Waals surface area contributed by atoms with Crippen LogP contribution in [0, 0.1) is 6.92 Å². The summed E-state index contributed by atoms with van der Waals surface area (Å²) in [5, 5.41) is 9.38. The lowest BCUT2D eigenvalue weighted by Crippen LogP contribution is -2.12. The lowest BCUT2D eigenvalue weighted by atomic mass is 10.1. The predicted octanol–water partition coefficient (Wildman–Crippen LogP) is 4.51. The van der Waals surface area contributed by atoms with Crippen LogP contribution in [0.2, 0.25) is 5.02 Å². The van der Waals surface area contributed by atoms with Crippen molar-refractivity contribution in [2.45, 2.75) is 6.92 Å². The van der Waals surface area contributed by atoms with Crippen molar-refractivity contribution < 1.29 is 9.90 Å². The fourth-order valence-electron chi connectivity index (χ4n) is 2.24. The highest BCUT2D eigenvalue weighted by molar-refractivity contribution is 6.33.